The van der Waals surface area contributed by atoms with Gasteiger partial charge in [0.15, 0.2) is 0 Å². The molecule has 0 fully saturated rings. The number of ether oxygens (including phenoxy) is 1. The molecule has 0 saturated carbocycles. The monoisotopic (exact) mass is 384 g/mol. The van der Waals surface area contributed by atoms with Gasteiger partial charge in [0.05, 0.1) is 18.3 Å². The summed E-state index contributed by atoms with van der Waals surface area (Å²) in [4.78, 5) is 17.7. The molecule has 0 N–H and O–H groups in total. The van der Waals surface area contributed by atoms with Crippen molar-refractivity contribution >= 4 is 32.3 Å². The number of methoxy groups -OCH3 is 1. The number of fused-ring (bicyclic) bond motifs is 2. The highest BCUT2D eigenvalue weighted by atomic mass is 32.1. The molecule has 5 rings (SSSR count). The summed E-state index contributed by atoms with van der Waals surface area (Å²) in [7, 11) is 1.62. The second kappa shape index (κ2) is 6.62. The molecule has 0 atom stereocenters. The predicted molar refractivity (Wildman–Crippen MR) is 115 cm³/mol. The predicted octanol–water partition coefficient (Wildman–Crippen LogP) is 5.28. The highest BCUT2D eigenvalue weighted by Crippen LogP contribution is 2.32. The van der Waals surface area contributed by atoms with E-state index in [1.165, 1.54) is 22.1 Å². The second-order valence-corrected chi connectivity index (χ2v) is 7.39. The van der Waals surface area contributed by atoms with Crippen LogP contribution in [0.2, 0.25) is 0 Å². The third-order valence-corrected chi connectivity index (χ3v) is 5.85. The molecule has 2 heterocycles. The van der Waals surface area contributed by atoms with Gasteiger partial charge >= 0.3 is 0 Å². The lowest BCUT2D eigenvalue weighted by Gasteiger charge is -2.07. The van der Waals surface area contributed by atoms with Crippen LogP contribution in [0.1, 0.15) is 0 Å². The standard InChI is InChI=1S/C23H16N2O2S/c1-27-19-10-8-18(9-11-19)25-14-24-21-20(13-28-22(21)23(25)26)17-7-6-15-4-2-3-5-16(15)12-17/h2-14H,1H3. The Balaban J connectivity index is 1.64. The molecule has 3 aromatic carbocycles. The highest BCUT2D eigenvalue weighted by Gasteiger charge is 2.13. The summed E-state index contributed by atoms with van der Waals surface area (Å²) in [5, 5.41) is 4.38. The van der Waals surface area contributed by atoms with Gasteiger partial charge in [0.1, 0.15) is 16.8 Å². The summed E-state index contributed by atoms with van der Waals surface area (Å²) in [5.41, 5.74) is 3.51. The first-order valence-corrected chi connectivity index (χ1v) is 9.75. The van der Waals surface area contributed by atoms with E-state index in [4.69, 9.17) is 4.74 Å². The largest absolute Gasteiger partial charge is 0.497 e. The Morgan fingerprint density at radius 2 is 1.75 bits per heavy atom. The quantitative estimate of drug-likeness (QED) is 0.425. The summed E-state index contributed by atoms with van der Waals surface area (Å²) < 4.78 is 7.41. The smallest absolute Gasteiger partial charge is 0.275 e. The third-order valence-electron chi connectivity index (χ3n) is 4.89. The van der Waals surface area contributed by atoms with Gasteiger partial charge in [-0.1, -0.05) is 36.4 Å². The topological polar surface area (TPSA) is 44.1 Å². The first-order valence-electron chi connectivity index (χ1n) is 8.87. The average Bonchev–Trinajstić information content (AvgIpc) is 3.19. The Hall–Kier alpha value is -3.44. The number of rotatable bonds is 3. The van der Waals surface area contributed by atoms with Crippen molar-refractivity contribution in [2.24, 2.45) is 0 Å². The molecular weight excluding hydrogens is 368 g/mol. The van der Waals surface area contributed by atoms with Crippen LogP contribution in [0.25, 0.3) is 37.8 Å². The molecule has 0 bridgehead atoms. The fourth-order valence-electron chi connectivity index (χ4n) is 3.40. The summed E-state index contributed by atoms with van der Waals surface area (Å²) in [6.45, 7) is 0. The van der Waals surface area contributed by atoms with Gasteiger partial charge in [-0.2, -0.15) is 0 Å². The fourth-order valence-corrected chi connectivity index (χ4v) is 4.35. The zero-order valence-electron chi connectivity index (χ0n) is 15.1. The SMILES string of the molecule is COc1ccc(-n2cnc3c(-c4ccc5ccccc5c4)csc3c2=O)cc1. The minimum absolute atomic E-state index is 0.0628. The molecule has 28 heavy (non-hydrogen) atoms. The summed E-state index contributed by atoms with van der Waals surface area (Å²) in [6.07, 6.45) is 1.60. The van der Waals surface area contributed by atoms with E-state index in [-0.39, 0.29) is 5.56 Å². The van der Waals surface area contributed by atoms with Crippen LogP contribution in [-0.4, -0.2) is 16.7 Å². The van der Waals surface area contributed by atoms with Gasteiger partial charge in [-0.3, -0.25) is 9.36 Å². The third kappa shape index (κ3) is 2.68. The van der Waals surface area contributed by atoms with Crippen molar-refractivity contribution in [3.8, 4) is 22.6 Å². The van der Waals surface area contributed by atoms with Crippen molar-refractivity contribution in [3.63, 3.8) is 0 Å². The van der Waals surface area contributed by atoms with Gasteiger partial charge in [-0.25, -0.2) is 4.98 Å². The Labute approximate surface area is 165 Å². The zero-order chi connectivity index (χ0) is 19.1. The Morgan fingerprint density at radius 3 is 2.54 bits per heavy atom. The summed E-state index contributed by atoms with van der Waals surface area (Å²) in [6, 6.07) is 22.0. The number of hydrogen-bond acceptors (Lipinski definition) is 4. The zero-order valence-corrected chi connectivity index (χ0v) is 15.9. The minimum atomic E-state index is -0.0628. The van der Waals surface area contributed by atoms with Crippen LogP contribution in [0.15, 0.2) is 83.2 Å². The second-order valence-electron chi connectivity index (χ2n) is 6.51. The van der Waals surface area contributed by atoms with Crippen LogP contribution in [0.5, 0.6) is 5.75 Å². The number of benzene rings is 3. The number of aromatic nitrogens is 2. The molecule has 2 aromatic heterocycles. The summed E-state index contributed by atoms with van der Waals surface area (Å²) >= 11 is 1.44. The molecule has 136 valence electrons. The first kappa shape index (κ1) is 16.7. The molecule has 0 saturated heterocycles. The first-order chi connectivity index (χ1) is 13.7. The van der Waals surface area contributed by atoms with Crippen LogP contribution >= 0.6 is 11.3 Å². The van der Waals surface area contributed by atoms with Crippen LogP contribution in [0, 0.1) is 0 Å². The van der Waals surface area contributed by atoms with Crippen molar-refractivity contribution in [2.75, 3.05) is 7.11 Å². The van der Waals surface area contributed by atoms with Crippen LogP contribution in [0.4, 0.5) is 0 Å². The molecule has 0 radical (unpaired) electrons. The maximum atomic E-state index is 13.0. The summed E-state index contributed by atoms with van der Waals surface area (Å²) in [5.74, 6) is 0.751. The lowest BCUT2D eigenvalue weighted by molar-refractivity contribution is 0.414. The molecule has 5 heteroatoms. The molecule has 0 aliphatic carbocycles. The van der Waals surface area contributed by atoms with Crippen LogP contribution in [0.3, 0.4) is 0 Å². The van der Waals surface area contributed by atoms with Gasteiger partial charge in [-0.05, 0) is 46.7 Å². The van der Waals surface area contributed by atoms with E-state index in [0.29, 0.717) is 4.70 Å². The van der Waals surface area contributed by atoms with Crippen molar-refractivity contribution in [1.82, 2.24) is 9.55 Å². The minimum Gasteiger partial charge on any atom is -0.497 e. The van der Waals surface area contributed by atoms with Gasteiger partial charge in [0, 0.05) is 10.9 Å². The molecule has 0 amide bonds. The number of nitrogens with zero attached hydrogens (tertiary/aromatic N) is 2. The molecular formula is C23H16N2O2S. The Kier molecular flexibility index (Phi) is 3.95. The molecule has 0 unspecified atom stereocenters. The van der Waals surface area contributed by atoms with Gasteiger partial charge in [-0.15, -0.1) is 11.3 Å². The van der Waals surface area contributed by atoms with E-state index >= 15 is 0 Å². The molecule has 0 spiro atoms. The van der Waals surface area contributed by atoms with Crippen molar-refractivity contribution in [2.45, 2.75) is 0 Å². The molecule has 0 aliphatic heterocycles. The van der Waals surface area contributed by atoms with Gasteiger partial charge in [0.2, 0.25) is 0 Å². The Bertz CT molecular complexity index is 1370. The van der Waals surface area contributed by atoms with Gasteiger partial charge < -0.3 is 4.74 Å². The van der Waals surface area contributed by atoms with Gasteiger partial charge in [0.25, 0.3) is 5.56 Å². The van der Waals surface area contributed by atoms with E-state index in [1.54, 1.807) is 18.0 Å². The van der Waals surface area contributed by atoms with Crippen molar-refractivity contribution in [3.05, 3.63) is 88.8 Å². The maximum absolute atomic E-state index is 13.0. The number of thiophene rings is 1. The van der Waals surface area contributed by atoms with Crippen LogP contribution in [-0.2, 0) is 0 Å². The van der Waals surface area contributed by atoms with E-state index in [1.807, 2.05) is 41.8 Å². The van der Waals surface area contributed by atoms with E-state index in [0.717, 1.165) is 28.1 Å². The molecule has 5 aromatic rings. The van der Waals surface area contributed by atoms with E-state index < -0.39 is 0 Å². The van der Waals surface area contributed by atoms with Crippen LogP contribution < -0.4 is 10.3 Å². The van der Waals surface area contributed by atoms with E-state index in [2.05, 4.69) is 35.3 Å². The maximum Gasteiger partial charge on any atom is 0.275 e. The fraction of sp³-hybridized carbons (Fsp3) is 0.0435. The molecule has 4 nitrogen and oxygen atoms in total. The lowest BCUT2D eigenvalue weighted by atomic mass is 10.0. The van der Waals surface area contributed by atoms with E-state index in [9.17, 15) is 4.79 Å². The number of hydrogen-bond donors (Lipinski definition) is 0. The van der Waals surface area contributed by atoms with Crippen molar-refractivity contribution in [1.29, 1.82) is 0 Å². The van der Waals surface area contributed by atoms with Crippen molar-refractivity contribution < 1.29 is 4.74 Å². The highest BCUT2D eigenvalue weighted by molar-refractivity contribution is 7.17. The Morgan fingerprint density at radius 1 is 0.964 bits per heavy atom. The normalized spacial score (nSPS) is 11.2. The average molecular weight is 384 g/mol. The lowest BCUT2D eigenvalue weighted by Crippen LogP contribution is -2.17. The molecule has 0 aliphatic rings.